The van der Waals surface area contributed by atoms with Crippen LogP contribution in [0, 0.1) is 13.8 Å². The minimum atomic E-state index is 0.199. The minimum Gasteiger partial charge on any atom is -0.496 e. The maximum absolute atomic E-state index is 6.00. The summed E-state index contributed by atoms with van der Waals surface area (Å²) in [5.41, 5.74) is 11.1. The molecule has 92 valence electrons. The zero-order chi connectivity index (χ0) is 12.4. The summed E-state index contributed by atoms with van der Waals surface area (Å²) >= 11 is 0. The Balaban J connectivity index is 2.48. The first-order valence-electron chi connectivity index (χ1n) is 6.24. The van der Waals surface area contributed by atoms with Crippen LogP contribution in [0.3, 0.4) is 0 Å². The maximum atomic E-state index is 6.00. The van der Waals surface area contributed by atoms with Crippen molar-refractivity contribution in [2.45, 2.75) is 39.2 Å². The van der Waals surface area contributed by atoms with E-state index in [1.54, 1.807) is 7.11 Å². The lowest BCUT2D eigenvalue weighted by molar-refractivity contribution is 0.409. The molecule has 1 aliphatic carbocycles. The van der Waals surface area contributed by atoms with E-state index in [2.05, 4.69) is 32.1 Å². The van der Waals surface area contributed by atoms with Crippen molar-refractivity contribution in [2.24, 2.45) is 5.73 Å². The van der Waals surface area contributed by atoms with Crippen LogP contribution in [0.2, 0.25) is 0 Å². The lowest BCUT2D eigenvalue weighted by Gasteiger charge is -2.21. The van der Waals surface area contributed by atoms with Crippen molar-refractivity contribution in [3.63, 3.8) is 0 Å². The molecular formula is C15H21NO. The van der Waals surface area contributed by atoms with E-state index >= 15 is 0 Å². The highest BCUT2D eigenvalue weighted by atomic mass is 16.5. The Morgan fingerprint density at radius 1 is 1.29 bits per heavy atom. The highest BCUT2D eigenvalue weighted by Gasteiger charge is 2.16. The maximum Gasteiger partial charge on any atom is 0.129 e. The molecule has 0 saturated carbocycles. The largest absolute Gasteiger partial charge is 0.496 e. The lowest BCUT2D eigenvalue weighted by Crippen LogP contribution is -2.20. The molecule has 17 heavy (non-hydrogen) atoms. The molecule has 1 atom stereocenters. The molecule has 0 saturated heterocycles. The molecule has 0 fully saturated rings. The second-order valence-electron chi connectivity index (χ2n) is 4.84. The third-order valence-corrected chi connectivity index (χ3v) is 3.63. The molecule has 1 aromatic carbocycles. The van der Waals surface area contributed by atoms with Crippen LogP contribution < -0.4 is 10.5 Å². The molecule has 1 aromatic rings. The van der Waals surface area contributed by atoms with E-state index in [0.29, 0.717) is 0 Å². The summed E-state index contributed by atoms with van der Waals surface area (Å²) in [7, 11) is 1.74. The molecule has 0 spiro atoms. The Kier molecular flexibility index (Phi) is 3.53. The standard InChI is InChI=1S/C15H21NO/c1-10-7-8-14(15(17-3)11(10)2)12-5-4-6-13(16)9-12/h7-9,13H,4-6,16H2,1-3H3. The summed E-state index contributed by atoms with van der Waals surface area (Å²) in [5.74, 6) is 1.00. The van der Waals surface area contributed by atoms with Gasteiger partial charge in [0.15, 0.2) is 0 Å². The number of hydrogen-bond acceptors (Lipinski definition) is 2. The zero-order valence-electron chi connectivity index (χ0n) is 10.9. The van der Waals surface area contributed by atoms with E-state index in [4.69, 9.17) is 10.5 Å². The van der Waals surface area contributed by atoms with Crippen LogP contribution in [0.4, 0.5) is 0 Å². The van der Waals surface area contributed by atoms with Gasteiger partial charge in [0.1, 0.15) is 5.75 Å². The van der Waals surface area contributed by atoms with Gasteiger partial charge >= 0.3 is 0 Å². The highest BCUT2D eigenvalue weighted by Crippen LogP contribution is 2.35. The van der Waals surface area contributed by atoms with E-state index in [1.165, 1.54) is 28.7 Å². The van der Waals surface area contributed by atoms with Gasteiger partial charge in [0.2, 0.25) is 0 Å². The summed E-state index contributed by atoms with van der Waals surface area (Å²) in [6.07, 6.45) is 5.56. The van der Waals surface area contributed by atoms with Crippen LogP contribution in [0.25, 0.3) is 5.57 Å². The van der Waals surface area contributed by atoms with Crippen molar-refractivity contribution in [3.8, 4) is 5.75 Å². The topological polar surface area (TPSA) is 35.2 Å². The molecule has 2 rings (SSSR count). The fourth-order valence-electron chi connectivity index (χ4n) is 2.48. The molecule has 0 radical (unpaired) electrons. The van der Waals surface area contributed by atoms with E-state index < -0.39 is 0 Å². The number of hydrogen-bond donors (Lipinski definition) is 1. The minimum absolute atomic E-state index is 0.199. The summed E-state index contributed by atoms with van der Waals surface area (Å²) < 4.78 is 5.56. The van der Waals surface area contributed by atoms with E-state index in [9.17, 15) is 0 Å². The third-order valence-electron chi connectivity index (χ3n) is 3.63. The van der Waals surface area contributed by atoms with E-state index in [1.807, 2.05) is 0 Å². The summed E-state index contributed by atoms with van der Waals surface area (Å²) in [4.78, 5) is 0. The second-order valence-corrected chi connectivity index (χ2v) is 4.84. The third kappa shape index (κ3) is 2.37. The first-order valence-corrected chi connectivity index (χ1v) is 6.24. The van der Waals surface area contributed by atoms with Crippen molar-refractivity contribution in [1.29, 1.82) is 0 Å². The predicted molar refractivity (Wildman–Crippen MR) is 72.3 cm³/mol. The van der Waals surface area contributed by atoms with Gasteiger partial charge in [-0.2, -0.15) is 0 Å². The van der Waals surface area contributed by atoms with Crippen LogP contribution in [-0.2, 0) is 0 Å². The number of allylic oxidation sites excluding steroid dienone is 1. The number of rotatable bonds is 2. The summed E-state index contributed by atoms with van der Waals surface area (Å²) in [6.45, 7) is 4.23. The molecule has 2 nitrogen and oxygen atoms in total. The number of methoxy groups -OCH3 is 1. The Hall–Kier alpha value is -1.28. The van der Waals surface area contributed by atoms with Crippen LogP contribution in [0.1, 0.15) is 36.0 Å². The summed E-state index contributed by atoms with van der Waals surface area (Å²) in [5, 5.41) is 0. The van der Waals surface area contributed by atoms with Crippen molar-refractivity contribution >= 4 is 5.57 Å². The zero-order valence-corrected chi connectivity index (χ0v) is 10.9. The molecule has 1 unspecified atom stereocenters. The Morgan fingerprint density at radius 3 is 2.71 bits per heavy atom. The van der Waals surface area contributed by atoms with Gasteiger partial charge in [0.05, 0.1) is 7.11 Å². The molecule has 0 aliphatic heterocycles. The van der Waals surface area contributed by atoms with Crippen LogP contribution in [0.5, 0.6) is 5.75 Å². The molecular weight excluding hydrogens is 210 g/mol. The van der Waals surface area contributed by atoms with Gasteiger partial charge in [-0.05, 0) is 49.8 Å². The van der Waals surface area contributed by atoms with Crippen molar-refractivity contribution in [3.05, 3.63) is 34.9 Å². The molecule has 0 heterocycles. The molecule has 0 amide bonds. The second kappa shape index (κ2) is 4.92. The van der Waals surface area contributed by atoms with Gasteiger partial charge in [0.25, 0.3) is 0 Å². The number of aryl methyl sites for hydroxylation is 1. The monoisotopic (exact) mass is 231 g/mol. The number of ether oxygens (including phenoxy) is 1. The van der Waals surface area contributed by atoms with Crippen molar-refractivity contribution < 1.29 is 4.74 Å². The SMILES string of the molecule is COc1c(C2=CC(N)CCC2)ccc(C)c1C. The lowest BCUT2D eigenvalue weighted by atomic mass is 9.89. The van der Waals surface area contributed by atoms with Gasteiger partial charge in [-0.15, -0.1) is 0 Å². The van der Waals surface area contributed by atoms with Crippen molar-refractivity contribution in [1.82, 2.24) is 0 Å². The van der Waals surface area contributed by atoms with Gasteiger partial charge in [-0.3, -0.25) is 0 Å². The molecule has 0 aromatic heterocycles. The van der Waals surface area contributed by atoms with Gasteiger partial charge in [-0.1, -0.05) is 18.2 Å². The number of benzene rings is 1. The van der Waals surface area contributed by atoms with E-state index in [0.717, 1.165) is 18.6 Å². The first-order chi connectivity index (χ1) is 8.13. The van der Waals surface area contributed by atoms with Gasteiger partial charge in [0, 0.05) is 11.6 Å². The Bertz CT molecular complexity index is 448. The van der Waals surface area contributed by atoms with Crippen LogP contribution in [0.15, 0.2) is 18.2 Å². The quantitative estimate of drug-likeness (QED) is 0.848. The molecule has 0 bridgehead atoms. The predicted octanol–water partition coefficient (Wildman–Crippen LogP) is 3.21. The van der Waals surface area contributed by atoms with Crippen LogP contribution >= 0.6 is 0 Å². The van der Waals surface area contributed by atoms with Crippen LogP contribution in [-0.4, -0.2) is 13.2 Å². The Morgan fingerprint density at radius 2 is 2.06 bits per heavy atom. The van der Waals surface area contributed by atoms with E-state index in [-0.39, 0.29) is 6.04 Å². The fraction of sp³-hybridized carbons (Fsp3) is 0.467. The fourth-order valence-corrected chi connectivity index (χ4v) is 2.48. The molecule has 2 N–H and O–H groups in total. The average Bonchev–Trinajstić information content (AvgIpc) is 2.32. The average molecular weight is 231 g/mol. The summed E-state index contributed by atoms with van der Waals surface area (Å²) in [6, 6.07) is 4.52. The number of nitrogens with two attached hydrogens (primary N) is 1. The Labute approximate surface area is 103 Å². The van der Waals surface area contributed by atoms with Gasteiger partial charge < -0.3 is 10.5 Å². The molecule has 2 heteroatoms. The van der Waals surface area contributed by atoms with Gasteiger partial charge in [-0.25, -0.2) is 0 Å². The smallest absolute Gasteiger partial charge is 0.129 e. The first kappa shape index (κ1) is 12.2. The highest BCUT2D eigenvalue weighted by molar-refractivity contribution is 5.73. The molecule has 1 aliphatic rings. The normalized spacial score (nSPS) is 20.0. The van der Waals surface area contributed by atoms with Crippen molar-refractivity contribution in [2.75, 3.05) is 7.11 Å².